The van der Waals surface area contributed by atoms with Gasteiger partial charge < -0.3 is 14.6 Å². The van der Waals surface area contributed by atoms with Crippen LogP contribution in [0.2, 0.25) is 0 Å². The van der Waals surface area contributed by atoms with Gasteiger partial charge in [-0.1, -0.05) is 18.2 Å². The molecule has 1 atom stereocenters. The Bertz CT molecular complexity index is 567. The number of methoxy groups -OCH3 is 1. The summed E-state index contributed by atoms with van der Waals surface area (Å²) in [5.41, 5.74) is 0.505. The summed E-state index contributed by atoms with van der Waals surface area (Å²) in [7, 11) is 1.52. The fourth-order valence-electron chi connectivity index (χ4n) is 1.68. The van der Waals surface area contributed by atoms with Crippen LogP contribution >= 0.6 is 0 Å². The van der Waals surface area contributed by atoms with Gasteiger partial charge in [-0.3, -0.25) is 0 Å². The smallest absolute Gasteiger partial charge is 0.169 e. The Morgan fingerprint density at radius 3 is 2.32 bits per heavy atom. The number of ether oxygens (including phenoxy) is 2. The van der Waals surface area contributed by atoms with Crippen LogP contribution in [0.3, 0.4) is 0 Å². The monoisotopic (exact) mass is 262 g/mol. The van der Waals surface area contributed by atoms with E-state index in [1.807, 2.05) is 0 Å². The molecule has 2 aromatic carbocycles. The Hall–Kier alpha value is -2.07. The molecule has 4 heteroatoms. The van der Waals surface area contributed by atoms with Gasteiger partial charge in [-0.2, -0.15) is 0 Å². The van der Waals surface area contributed by atoms with Crippen LogP contribution in [-0.4, -0.2) is 12.2 Å². The number of hydrogen-bond acceptors (Lipinski definition) is 3. The van der Waals surface area contributed by atoms with Crippen molar-refractivity contribution >= 4 is 0 Å². The highest BCUT2D eigenvalue weighted by Crippen LogP contribution is 2.32. The van der Waals surface area contributed by atoms with Crippen LogP contribution < -0.4 is 9.47 Å². The molecule has 0 saturated heterocycles. The summed E-state index contributed by atoms with van der Waals surface area (Å²) in [6.07, 6.45) is -0.713. The Kier molecular flexibility index (Phi) is 4.02. The van der Waals surface area contributed by atoms with E-state index in [-0.39, 0.29) is 5.75 Å². The van der Waals surface area contributed by atoms with Crippen molar-refractivity contribution in [3.63, 3.8) is 0 Å². The molecule has 0 bridgehead atoms. The molecule has 0 radical (unpaired) electrons. The van der Waals surface area contributed by atoms with E-state index in [4.69, 9.17) is 9.47 Å². The molecule has 0 aliphatic rings. The SMILES string of the molecule is COc1ccccc1Oc1ccc([C@@H](C)O)cc1F. The van der Waals surface area contributed by atoms with E-state index in [1.165, 1.54) is 19.2 Å². The number of benzene rings is 2. The fraction of sp³-hybridized carbons (Fsp3) is 0.200. The molecule has 0 aliphatic carbocycles. The molecule has 0 saturated carbocycles. The molecule has 0 spiro atoms. The lowest BCUT2D eigenvalue weighted by atomic mass is 10.1. The second kappa shape index (κ2) is 5.71. The fourth-order valence-corrected chi connectivity index (χ4v) is 1.68. The topological polar surface area (TPSA) is 38.7 Å². The Morgan fingerprint density at radius 1 is 1.05 bits per heavy atom. The number of para-hydroxylation sites is 2. The summed E-state index contributed by atoms with van der Waals surface area (Å²) in [5, 5.41) is 9.38. The largest absolute Gasteiger partial charge is 0.493 e. The van der Waals surface area contributed by atoms with Gasteiger partial charge in [0, 0.05) is 0 Å². The quantitative estimate of drug-likeness (QED) is 0.913. The first-order valence-corrected chi connectivity index (χ1v) is 5.90. The molecule has 3 nitrogen and oxygen atoms in total. The van der Waals surface area contributed by atoms with Crippen LogP contribution in [0, 0.1) is 5.82 Å². The summed E-state index contributed by atoms with van der Waals surface area (Å²) >= 11 is 0. The first-order valence-electron chi connectivity index (χ1n) is 5.90. The highest BCUT2D eigenvalue weighted by Gasteiger charge is 2.11. The maximum atomic E-state index is 13.9. The van der Waals surface area contributed by atoms with Crippen LogP contribution in [0.25, 0.3) is 0 Å². The van der Waals surface area contributed by atoms with Crippen molar-refractivity contribution in [2.75, 3.05) is 7.11 Å². The lowest BCUT2D eigenvalue weighted by molar-refractivity contribution is 0.198. The minimum Gasteiger partial charge on any atom is -0.493 e. The molecular formula is C15H15FO3. The minimum atomic E-state index is -0.713. The van der Waals surface area contributed by atoms with Crippen molar-refractivity contribution in [3.8, 4) is 17.2 Å². The molecular weight excluding hydrogens is 247 g/mol. The van der Waals surface area contributed by atoms with Crippen LogP contribution in [-0.2, 0) is 0 Å². The molecule has 2 aromatic rings. The van der Waals surface area contributed by atoms with Crippen LogP contribution in [0.1, 0.15) is 18.6 Å². The summed E-state index contributed by atoms with van der Waals surface area (Å²) in [6.45, 7) is 1.58. The molecule has 100 valence electrons. The van der Waals surface area contributed by atoms with E-state index in [2.05, 4.69) is 0 Å². The molecule has 0 unspecified atom stereocenters. The second-order valence-corrected chi connectivity index (χ2v) is 4.12. The third kappa shape index (κ3) is 3.03. The van der Waals surface area contributed by atoms with Gasteiger partial charge in [0.25, 0.3) is 0 Å². The Balaban J connectivity index is 2.28. The van der Waals surface area contributed by atoms with Gasteiger partial charge in [-0.15, -0.1) is 0 Å². The van der Waals surface area contributed by atoms with Gasteiger partial charge in [-0.25, -0.2) is 4.39 Å². The molecule has 19 heavy (non-hydrogen) atoms. The van der Waals surface area contributed by atoms with Crippen molar-refractivity contribution in [2.24, 2.45) is 0 Å². The van der Waals surface area contributed by atoms with Crippen molar-refractivity contribution < 1.29 is 19.0 Å². The summed E-state index contributed by atoms with van der Waals surface area (Å²) in [5.74, 6) is 0.536. The van der Waals surface area contributed by atoms with E-state index in [0.717, 1.165) is 0 Å². The van der Waals surface area contributed by atoms with E-state index in [0.29, 0.717) is 17.1 Å². The molecule has 2 rings (SSSR count). The Labute approximate surface area is 111 Å². The van der Waals surface area contributed by atoms with Gasteiger partial charge in [0.05, 0.1) is 13.2 Å². The molecule has 0 heterocycles. The highest BCUT2D eigenvalue weighted by molar-refractivity contribution is 5.43. The lowest BCUT2D eigenvalue weighted by Crippen LogP contribution is -1.95. The molecule has 0 amide bonds. The number of halogens is 1. The molecule has 0 aromatic heterocycles. The first kappa shape index (κ1) is 13.4. The maximum absolute atomic E-state index is 13.9. The van der Waals surface area contributed by atoms with Gasteiger partial charge >= 0.3 is 0 Å². The summed E-state index contributed by atoms with van der Waals surface area (Å²) < 4.78 is 24.5. The van der Waals surface area contributed by atoms with Gasteiger partial charge in [0.2, 0.25) is 0 Å². The lowest BCUT2D eigenvalue weighted by Gasteiger charge is -2.12. The third-order valence-corrected chi connectivity index (χ3v) is 2.73. The first-order chi connectivity index (χ1) is 9.11. The third-order valence-electron chi connectivity index (χ3n) is 2.73. The summed E-state index contributed by atoms with van der Waals surface area (Å²) in [4.78, 5) is 0. The highest BCUT2D eigenvalue weighted by atomic mass is 19.1. The standard InChI is InChI=1S/C15H15FO3/c1-10(17)11-7-8-13(12(16)9-11)19-15-6-4-3-5-14(15)18-2/h3-10,17H,1-2H3/t10-/m1/s1. The number of aliphatic hydroxyl groups excluding tert-OH is 1. The molecule has 0 fully saturated rings. The zero-order valence-corrected chi connectivity index (χ0v) is 10.8. The number of aliphatic hydroxyl groups is 1. The average Bonchev–Trinajstić information content (AvgIpc) is 2.41. The average molecular weight is 262 g/mol. The van der Waals surface area contributed by atoms with Gasteiger partial charge in [0.1, 0.15) is 0 Å². The maximum Gasteiger partial charge on any atom is 0.169 e. The predicted molar refractivity (Wildman–Crippen MR) is 70.1 cm³/mol. The van der Waals surface area contributed by atoms with E-state index in [1.54, 1.807) is 37.3 Å². The van der Waals surface area contributed by atoms with Crippen molar-refractivity contribution in [3.05, 3.63) is 53.8 Å². The second-order valence-electron chi connectivity index (χ2n) is 4.12. The zero-order valence-electron chi connectivity index (χ0n) is 10.8. The number of hydrogen-bond donors (Lipinski definition) is 1. The summed E-state index contributed by atoms with van der Waals surface area (Å²) in [6, 6.07) is 11.4. The van der Waals surface area contributed by atoms with E-state index < -0.39 is 11.9 Å². The van der Waals surface area contributed by atoms with E-state index in [9.17, 15) is 9.50 Å². The van der Waals surface area contributed by atoms with Gasteiger partial charge in [-0.05, 0) is 36.8 Å². The minimum absolute atomic E-state index is 0.0916. The van der Waals surface area contributed by atoms with Crippen LogP contribution in [0.15, 0.2) is 42.5 Å². The van der Waals surface area contributed by atoms with E-state index >= 15 is 0 Å². The van der Waals surface area contributed by atoms with Crippen LogP contribution in [0.5, 0.6) is 17.2 Å². The number of rotatable bonds is 4. The zero-order chi connectivity index (χ0) is 13.8. The Morgan fingerprint density at radius 2 is 1.74 bits per heavy atom. The molecule has 0 aliphatic heterocycles. The van der Waals surface area contributed by atoms with Crippen molar-refractivity contribution in [1.29, 1.82) is 0 Å². The normalized spacial score (nSPS) is 12.0. The molecule has 1 N–H and O–H groups in total. The van der Waals surface area contributed by atoms with Gasteiger partial charge in [0.15, 0.2) is 23.1 Å². The van der Waals surface area contributed by atoms with Crippen LogP contribution in [0.4, 0.5) is 4.39 Å². The van der Waals surface area contributed by atoms with Crippen molar-refractivity contribution in [2.45, 2.75) is 13.0 Å². The van der Waals surface area contributed by atoms with Crippen molar-refractivity contribution in [1.82, 2.24) is 0 Å². The predicted octanol–water partition coefficient (Wildman–Crippen LogP) is 3.68.